The van der Waals surface area contributed by atoms with Crippen LogP contribution in [0.4, 0.5) is 0 Å². The minimum Gasteiger partial charge on any atom is -0.394 e. The number of aliphatic hydroxyl groups is 6. The van der Waals surface area contributed by atoms with Crippen molar-refractivity contribution < 1.29 is 49.6 Å². The summed E-state index contributed by atoms with van der Waals surface area (Å²) in [5.41, 5.74) is 0. The van der Waals surface area contributed by atoms with E-state index >= 15 is 0 Å². The highest BCUT2D eigenvalue weighted by Gasteiger charge is 2.49. The zero-order valence-electron chi connectivity index (χ0n) is 12.8. The minimum atomic E-state index is -1.57. The maximum absolute atomic E-state index is 10.1. The number of methoxy groups -OCH3 is 1. The number of hydrogen-bond donors (Lipinski definition) is 6. The third-order valence-electron chi connectivity index (χ3n) is 4.16. The number of ether oxygens (including phenoxy) is 4. The first-order chi connectivity index (χ1) is 10.8. The van der Waals surface area contributed by atoms with Gasteiger partial charge in [-0.15, -0.1) is 0 Å². The molecule has 0 aliphatic carbocycles. The summed E-state index contributed by atoms with van der Waals surface area (Å²) in [5.74, 6) is 0. The van der Waals surface area contributed by atoms with Gasteiger partial charge in [0.25, 0.3) is 0 Å². The Kier molecular flexibility index (Phi) is 6.30. The Labute approximate surface area is 132 Å². The van der Waals surface area contributed by atoms with Crippen LogP contribution >= 0.6 is 0 Å². The fourth-order valence-corrected chi connectivity index (χ4v) is 2.67. The summed E-state index contributed by atoms with van der Waals surface area (Å²) in [5, 5.41) is 58.5. The molecule has 0 saturated carbocycles. The van der Waals surface area contributed by atoms with Crippen LogP contribution in [0.25, 0.3) is 0 Å². The van der Waals surface area contributed by atoms with E-state index in [0.717, 1.165) is 0 Å². The first kappa shape index (κ1) is 18.9. The topological polar surface area (TPSA) is 158 Å². The molecule has 2 aliphatic heterocycles. The summed E-state index contributed by atoms with van der Waals surface area (Å²) in [6, 6.07) is 0. The first-order valence-corrected chi connectivity index (χ1v) is 7.32. The van der Waals surface area contributed by atoms with Crippen LogP contribution in [-0.2, 0) is 18.9 Å². The van der Waals surface area contributed by atoms with Gasteiger partial charge < -0.3 is 49.6 Å². The van der Waals surface area contributed by atoms with E-state index in [1.165, 1.54) is 14.0 Å². The summed E-state index contributed by atoms with van der Waals surface area (Å²) in [6.07, 6.45) is -12.9. The lowest BCUT2D eigenvalue weighted by Gasteiger charge is -2.45. The molecule has 10 atom stereocenters. The Morgan fingerprint density at radius 2 is 1.48 bits per heavy atom. The van der Waals surface area contributed by atoms with Gasteiger partial charge in [-0.1, -0.05) is 0 Å². The van der Waals surface area contributed by atoms with Gasteiger partial charge in [-0.2, -0.15) is 0 Å². The average Bonchev–Trinajstić information content (AvgIpc) is 2.54. The smallest absolute Gasteiger partial charge is 0.187 e. The summed E-state index contributed by atoms with van der Waals surface area (Å²) in [4.78, 5) is 0. The van der Waals surface area contributed by atoms with E-state index in [2.05, 4.69) is 0 Å². The molecule has 2 heterocycles. The van der Waals surface area contributed by atoms with Crippen LogP contribution in [0.5, 0.6) is 0 Å². The average molecular weight is 340 g/mol. The van der Waals surface area contributed by atoms with E-state index in [0.29, 0.717) is 0 Å². The van der Waals surface area contributed by atoms with Crippen molar-refractivity contribution >= 4 is 0 Å². The van der Waals surface area contributed by atoms with E-state index in [9.17, 15) is 25.5 Å². The molecular formula is C13H24O10. The van der Waals surface area contributed by atoms with Crippen molar-refractivity contribution in [3.05, 3.63) is 0 Å². The third kappa shape index (κ3) is 3.66. The summed E-state index contributed by atoms with van der Waals surface area (Å²) in [6.45, 7) is 0.948. The second-order valence-corrected chi connectivity index (χ2v) is 5.72. The van der Waals surface area contributed by atoms with Crippen LogP contribution in [0, 0.1) is 0 Å². The molecule has 0 radical (unpaired) electrons. The SMILES string of the molecule is CO[C@H]1O[C@H](CO)[C@@H](O)[C@H](O)[C@@H]1O[C@H]1O[C@H](C)[C@@H](O)[C@H](O)[C@@H]1O. The molecule has 2 rings (SSSR count). The Bertz CT molecular complexity index is 380. The van der Waals surface area contributed by atoms with Gasteiger partial charge in [-0.05, 0) is 6.92 Å². The van der Waals surface area contributed by atoms with Gasteiger partial charge in [0, 0.05) is 7.11 Å². The Morgan fingerprint density at radius 1 is 0.826 bits per heavy atom. The molecule has 10 nitrogen and oxygen atoms in total. The molecule has 136 valence electrons. The van der Waals surface area contributed by atoms with E-state index in [4.69, 9.17) is 24.1 Å². The van der Waals surface area contributed by atoms with Crippen molar-refractivity contribution in [2.24, 2.45) is 0 Å². The van der Waals surface area contributed by atoms with Crippen molar-refractivity contribution in [1.82, 2.24) is 0 Å². The molecule has 2 saturated heterocycles. The molecule has 10 heteroatoms. The Hall–Kier alpha value is -0.400. The molecule has 0 amide bonds. The maximum Gasteiger partial charge on any atom is 0.187 e. The largest absolute Gasteiger partial charge is 0.394 e. The normalized spacial score (nSPS) is 51.7. The van der Waals surface area contributed by atoms with Crippen molar-refractivity contribution in [2.75, 3.05) is 13.7 Å². The van der Waals surface area contributed by atoms with Crippen LogP contribution in [0.2, 0.25) is 0 Å². The van der Waals surface area contributed by atoms with E-state index < -0.39 is 68.0 Å². The molecule has 23 heavy (non-hydrogen) atoms. The molecule has 2 fully saturated rings. The number of hydrogen-bond acceptors (Lipinski definition) is 10. The zero-order chi connectivity index (χ0) is 17.3. The molecule has 0 unspecified atom stereocenters. The van der Waals surface area contributed by atoms with Gasteiger partial charge in [-0.3, -0.25) is 0 Å². The lowest BCUT2D eigenvalue weighted by Crippen LogP contribution is -2.64. The molecule has 6 N–H and O–H groups in total. The molecule has 2 aliphatic rings. The quantitative estimate of drug-likeness (QED) is 0.300. The number of rotatable bonds is 4. The van der Waals surface area contributed by atoms with Crippen molar-refractivity contribution in [3.8, 4) is 0 Å². The Balaban J connectivity index is 2.10. The van der Waals surface area contributed by atoms with Crippen molar-refractivity contribution in [1.29, 1.82) is 0 Å². The maximum atomic E-state index is 10.1. The van der Waals surface area contributed by atoms with Crippen LogP contribution in [0.15, 0.2) is 0 Å². The lowest BCUT2D eigenvalue weighted by molar-refractivity contribution is -0.361. The first-order valence-electron chi connectivity index (χ1n) is 7.32. The van der Waals surface area contributed by atoms with Crippen molar-refractivity contribution in [2.45, 2.75) is 68.3 Å². The van der Waals surface area contributed by atoms with E-state index in [1.807, 2.05) is 0 Å². The fourth-order valence-electron chi connectivity index (χ4n) is 2.67. The Morgan fingerprint density at radius 3 is 2.04 bits per heavy atom. The molecule has 0 aromatic heterocycles. The summed E-state index contributed by atoms with van der Waals surface area (Å²) >= 11 is 0. The van der Waals surface area contributed by atoms with Gasteiger partial charge in [-0.25, -0.2) is 0 Å². The fraction of sp³-hybridized carbons (Fsp3) is 1.00. The standard InChI is InChI=1S/C13H24O10/c1-4-6(15)8(17)10(19)12(21-4)23-11-9(18)7(16)5(3-14)22-13(11)20-2/h4-19H,3H2,1-2H3/t4-,5-,6-,7-,8+,9+,10+,11+,12-,13+/m1/s1. The predicted molar refractivity (Wildman–Crippen MR) is 72.0 cm³/mol. The molecule has 0 spiro atoms. The van der Waals surface area contributed by atoms with E-state index in [1.54, 1.807) is 0 Å². The van der Waals surface area contributed by atoms with Gasteiger partial charge in [0.2, 0.25) is 0 Å². The summed E-state index contributed by atoms with van der Waals surface area (Å²) < 4.78 is 21.0. The van der Waals surface area contributed by atoms with Crippen LogP contribution in [0.1, 0.15) is 6.92 Å². The monoisotopic (exact) mass is 340 g/mol. The molecule has 0 aromatic rings. The van der Waals surface area contributed by atoms with Crippen LogP contribution in [0.3, 0.4) is 0 Å². The third-order valence-corrected chi connectivity index (χ3v) is 4.16. The molecular weight excluding hydrogens is 316 g/mol. The summed E-state index contributed by atoms with van der Waals surface area (Å²) in [7, 11) is 1.28. The van der Waals surface area contributed by atoms with Gasteiger partial charge >= 0.3 is 0 Å². The highest BCUT2D eigenvalue weighted by atomic mass is 16.8. The van der Waals surface area contributed by atoms with Gasteiger partial charge in [0.15, 0.2) is 12.6 Å². The van der Waals surface area contributed by atoms with E-state index in [-0.39, 0.29) is 0 Å². The lowest BCUT2D eigenvalue weighted by atomic mass is 9.97. The van der Waals surface area contributed by atoms with Crippen molar-refractivity contribution in [3.63, 3.8) is 0 Å². The zero-order valence-corrected chi connectivity index (χ0v) is 12.8. The van der Waals surface area contributed by atoms with Gasteiger partial charge in [0.1, 0.15) is 42.7 Å². The van der Waals surface area contributed by atoms with Gasteiger partial charge in [0.05, 0.1) is 12.7 Å². The second kappa shape index (κ2) is 7.66. The minimum absolute atomic E-state index is 0.532. The highest BCUT2D eigenvalue weighted by Crippen LogP contribution is 2.29. The number of aliphatic hydroxyl groups excluding tert-OH is 6. The second-order valence-electron chi connectivity index (χ2n) is 5.72. The molecule has 0 bridgehead atoms. The highest BCUT2D eigenvalue weighted by molar-refractivity contribution is 4.92. The van der Waals surface area contributed by atoms with Crippen LogP contribution in [-0.4, -0.2) is 106 Å². The molecule has 0 aromatic carbocycles. The predicted octanol–water partition coefficient (Wildman–Crippen LogP) is -3.72. The van der Waals surface area contributed by atoms with Crippen LogP contribution < -0.4 is 0 Å².